The van der Waals surface area contributed by atoms with Gasteiger partial charge in [-0.1, -0.05) is 0 Å². The Balaban J connectivity index is 1.88. The van der Waals surface area contributed by atoms with Crippen LogP contribution in [0.3, 0.4) is 0 Å². The molecule has 33 heavy (non-hydrogen) atoms. The minimum atomic E-state index is -3.82. The zero-order valence-electron chi connectivity index (χ0n) is 19.2. The highest BCUT2D eigenvalue weighted by molar-refractivity contribution is 7.89. The predicted octanol–water partition coefficient (Wildman–Crippen LogP) is 3.35. The van der Waals surface area contributed by atoms with Crippen molar-refractivity contribution in [1.29, 1.82) is 0 Å². The highest BCUT2D eigenvalue weighted by Crippen LogP contribution is 2.40. The average Bonchev–Trinajstić information content (AvgIpc) is 3.20. The van der Waals surface area contributed by atoms with Crippen LogP contribution in [0.15, 0.2) is 29.3 Å². The molecule has 0 radical (unpaired) electrons. The van der Waals surface area contributed by atoms with Gasteiger partial charge in [-0.15, -0.1) is 11.3 Å². The van der Waals surface area contributed by atoms with Crippen LogP contribution in [0.5, 0.6) is 5.75 Å². The average molecular weight is 497 g/mol. The summed E-state index contributed by atoms with van der Waals surface area (Å²) in [4.78, 5) is 16.5. The van der Waals surface area contributed by atoms with Crippen molar-refractivity contribution >= 4 is 27.5 Å². The third-order valence-electron chi connectivity index (χ3n) is 5.17. The van der Waals surface area contributed by atoms with Gasteiger partial charge in [-0.3, -0.25) is 0 Å². The van der Waals surface area contributed by atoms with Crippen LogP contribution in [0, 0.1) is 0 Å². The molecule has 0 bridgehead atoms. The molecule has 182 valence electrons. The van der Waals surface area contributed by atoms with Gasteiger partial charge in [-0.25, -0.2) is 22.9 Å². The zero-order chi connectivity index (χ0) is 24.2. The highest BCUT2D eigenvalue weighted by Gasteiger charge is 2.29. The number of benzene rings is 1. The minimum Gasteiger partial charge on any atom is -0.492 e. The number of sulfonamides is 1. The number of nitrogens with two attached hydrogens (primary N) is 2. The molecule has 0 spiro atoms. The molecule has 2 aromatic rings. The second kappa shape index (κ2) is 10.4. The van der Waals surface area contributed by atoms with E-state index in [1.54, 1.807) is 39.1 Å². The van der Waals surface area contributed by atoms with Crippen molar-refractivity contribution < 1.29 is 22.7 Å². The van der Waals surface area contributed by atoms with E-state index >= 15 is 0 Å². The Morgan fingerprint density at radius 3 is 2.55 bits per heavy atom. The van der Waals surface area contributed by atoms with Crippen LogP contribution < -0.4 is 20.9 Å². The van der Waals surface area contributed by atoms with E-state index in [-0.39, 0.29) is 16.9 Å². The van der Waals surface area contributed by atoms with Crippen LogP contribution >= 0.6 is 11.3 Å². The third-order valence-corrected chi connectivity index (χ3v) is 8.16. The lowest BCUT2D eigenvalue weighted by Gasteiger charge is -2.26. The summed E-state index contributed by atoms with van der Waals surface area (Å²) in [7, 11) is -3.82. The monoisotopic (exact) mass is 496 g/mol. The van der Waals surface area contributed by atoms with Crippen molar-refractivity contribution in [2.45, 2.75) is 68.9 Å². The van der Waals surface area contributed by atoms with Crippen LogP contribution in [0.1, 0.15) is 57.4 Å². The van der Waals surface area contributed by atoms with Gasteiger partial charge in [-0.05, 0) is 58.6 Å². The van der Waals surface area contributed by atoms with Crippen LogP contribution in [0.2, 0.25) is 0 Å². The number of amides is 1. The Kier molecular flexibility index (Phi) is 7.99. The quantitative estimate of drug-likeness (QED) is 0.508. The lowest BCUT2D eigenvalue weighted by atomic mass is 9.88. The second-order valence-electron chi connectivity index (χ2n) is 9.12. The maximum atomic E-state index is 13.2. The largest absolute Gasteiger partial charge is 0.492 e. The number of nitrogens with zero attached hydrogens (tertiary/aromatic N) is 1. The topological polar surface area (TPSA) is 147 Å². The summed E-state index contributed by atoms with van der Waals surface area (Å²) < 4.78 is 39.9. The molecule has 5 N–H and O–H groups in total. The summed E-state index contributed by atoms with van der Waals surface area (Å²) in [5.41, 5.74) is 10.6. The summed E-state index contributed by atoms with van der Waals surface area (Å²) in [6.45, 7) is 6.00. The Labute approximate surface area is 198 Å². The van der Waals surface area contributed by atoms with E-state index in [0.29, 0.717) is 24.5 Å². The number of rotatable bonds is 8. The molecule has 1 aromatic carbocycles. The highest BCUT2D eigenvalue weighted by atomic mass is 32.2. The molecule has 1 aliphatic carbocycles. The van der Waals surface area contributed by atoms with Crippen molar-refractivity contribution in [2.75, 3.05) is 13.2 Å². The molecule has 1 saturated carbocycles. The van der Waals surface area contributed by atoms with Crippen LogP contribution in [-0.2, 0) is 14.8 Å². The molecule has 1 fully saturated rings. The molecule has 0 atom stereocenters. The summed E-state index contributed by atoms with van der Waals surface area (Å²) in [6, 6.07) is 5.02. The van der Waals surface area contributed by atoms with Gasteiger partial charge in [0.2, 0.25) is 10.0 Å². The number of carbonyl (C=O) groups is 1. The van der Waals surface area contributed by atoms with Gasteiger partial charge >= 0.3 is 6.09 Å². The number of nitrogens with one attached hydrogen (secondary N) is 1. The second-order valence-corrected chi connectivity index (χ2v) is 11.8. The molecule has 1 aromatic heterocycles. The van der Waals surface area contributed by atoms with E-state index in [2.05, 4.69) is 9.71 Å². The first-order valence-corrected chi connectivity index (χ1v) is 13.2. The van der Waals surface area contributed by atoms with E-state index in [0.717, 1.165) is 35.6 Å². The van der Waals surface area contributed by atoms with Crippen LogP contribution in [0.4, 0.5) is 4.79 Å². The molecular formula is C22H32N4O5S2. The molecule has 9 nitrogen and oxygen atoms in total. The zero-order valence-corrected chi connectivity index (χ0v) is 20.8. The van der Waals surface area contributed by atoms with E-state index in [4.69, 9.17) is 20.9 Å². The molecule has 11 heteroatoms. The van der Waals surface area contributed by atoms with E-state index in [1.807, 2.05) is 0 Å². The van der Waals surface area contributed by atoms with Crippen molar-refractivity contribution in [3.8, 4) is 16.2 Å². The Morgan fingerprint density at radius 2 is 1.94 bits per heavy atom. The molecule has 0 unspecified atom stereocenters. The normalized spacial score (nSPS) is 19.3. The van der Waals surface area contributed by atoms with E-state index < -0.39 is 21.7 Å². The van der Waals surface area contributed by atoms with Crippen molar-refractivity contribution in [3.05, 3.63) is 29.4 Å². The van der Waals surface area contributed by atoms with Gasteiger partial charge in [0.15, 0.2) is 0 Å². The molecule has 1 heterocycles. The lowest BCUT2D eigenvalue weighted by molar-refractivity contribution is 0.0787. The number of primary amides is 1. The third kappa shape index (κ3) is 6.89. The van der Waals surface area contributed by atoms with Crippen LogP contribution in [-0.4, -0.2) is 44.3 Å². The predicted molar refractivity (Wildman–Crippen MR) is 128 cm³/mol. The molecule has 3 rings (SSSR count). The maximum absolute atomic E-state index is 13.2. The molecule has 1 aliphatic rings. The number of aromatic nitrogens is 1. The fourth-order valence-corrected chi connectivity index (χ4v) is 6.69. The lowest BCUT2D eigenvalue weighted by Crippen LogP contribution is -2.40. The summed E-state index contributed by atoms with van der Waals surface area (Å²) in [5, 5.41) is 0.943. The van der Waals surface area contributed by atoms with Crippen molar-refractivity contribution in [1.82, 2.24) is 9.71 Å². The van der Waals surface area contributed by atoms with Gasteiger partial charge in [0.25, 0.3) is 0 Å². The minimum absolute atomic E-state index is 0.140. The number of ether oxygens (including phenoxy) is 2. The molecule has 1 amide bonds. The Morgan fingerprint density at radius 1 is 1.24 bits per heavy atom. The van der Waals surface area contributed by atoms with Crippen LogP contribution in [0.25, 0.3) is 10.4 Å². The Hall–Kier alpha value is -2.21. The van der Waals surface area contributed by atoms with Gasteiger partial charge in [0.05, 0.1) is 14.8 Å². The fourth-order valence-electron chi connectivity index (χ4n) is 3.85. The van der Waals surface area contributed by atoms with E-state index in [9.17, 15) is 13.2 Å². The van der Waals surface area contributed by atoms with Crippen molar-refractivity contribution in [2.24, 2.45) is 11.5 Å². The first-order valence-electron chi connectivity index (χ1n) is 10.9. The first kappa shape index (κ1) is 25.4. The summed E-state index contributed by atoms with van der Waals surface area (Å²) >= 11 is 1.48. The smallest absolute Gasteiger partial charge is 0.404 e. The maximum Gasteiger partial charge on any atom is 0.404 e. The van der Waals surface area contributed by atoms with E-state index in [1.165, 1.54) is 17.4 Å². The standard InChI is InChI=1S/C22H32N4O5S2/c1-22(2,3)26-33(28,29)19-12-16(30-11-10-23)8-9-17(19)18-13-25-20(32-18)14-4-6-15(7-5-14)31-21(24)27/h8-9,12-15,26H,4-7,10-11,23H2,1-3H3,(H2,24,27)/t14-,15-. The molecule has 0 saturated heterocycles. The number of thiazole rings is 1. The molecular weight excluding hydrogens is 464 g/mol. The number of hydrogen-bond donors (Lipinski definition) is 3. The summed E-state index contributed by atoms with van der Waals surface area (Å²) in [5.74, 6) is 0.674. The molecule has 0 aliphatic heterocycles. The van der Waals surface area contributed by atoms with Crippen molar-refractivity contribution in [3.63, 3.8) is 0 Å². The van der Waals surface area contributed by atoms with Gasteiger partial charge in [-0.2, -0.15) is 0 Å². The fraction of sp³-hybridized carbons (Fsp3) is 0.545. The van der Waals surface area contributed by atoms with Gasteiger partial charge < -0.3 is 20.9 Å². The summed E-state index contributed by atoms with van der Waals surface area (Å²) in [6.07, 6.45) is 3.93. The van der Waals surface area contributed by atoms with Gasteiger partial charge in [0, 0.05) is 35.8 Å². The SMILES string of the molecule is CC(C)(C)NS(=O)(=O)c1cc(OCCN)ccc1-c1cnc([C@H]2CC[C@H](OC(N)=O)CC2)s1. The number of carbonyl (C=O) groups excluding carboxylic acids is 1. The first-order chi connectivity index (χ1) is 15.5. The number of hydrogen-bond acceptors (Lipinski definition) is 8. The Bertz CT molecular complexity index is 1070. The van der Waals surface area contributed by atoms with Gasteiger partial charge in [0.1, 0.15) is 18.5 Å².